The van der Waals surface area contributed by atoms with Crippen LogP contribution in [0.4, 0.5) is 9.18 Å². The van der Waals surface area contributed by atoms with E-state index in [2.05, 4.69) is 22.3 Å². The third kappa shape index (κ3) is 6.19. The Balaban J connectivity index is 1.87. The maximum Gasteiger partial charge on any atom is 0.317 e. The molecule has 0 aromatic heterocycles. The molecule has 0 saturated carbocycles. The maximum absolute atomic E-state index is 13.2. The van der Waals surface area contributed by atoms with Crippen LogP contribution in [-0.2, 0) is 13.0 Å². The SMILES string of the molecule is CN(Cc1cccc(F)c1)C(=O)NCC(Cc1ccccc1)N(C)C. The Morgan fingerprint density at radius 2 is 1.72 bits per heavy atom. The molecule has 2 aromatic rings. The minimum atomic E-state index is -0.290. The summed E-state index contributed by atoms with van der Waals surface area (Å²) in [4.78, 5) is 16.0. The number of likely N-dealkylation sites (N-methyl/N-ethyl adjacent to an activating group) is 1. The Morgan fingerprint density at radius 3 is 2.36 bits per heavy atom. The van der Waals surface area contributed by atoms with E-state index in [1.54, 1.807) is 18.0 Å². The van der Waals surface area contributed by atoms with E-state index in [4.69, 9.17) is 0 Å². The predicted octanol–water partition coefficient (Wildman–Crippen LogP) is 3.14. The van der Waals surface area contributed by atoms with Crippen molar-refractivity contribution >= 4 is 6.03 Å². The fraction of sp³-hybridized carbons (Fsp3) is 0.350. The summed E-state index contributed by atoms with van der Waals surface area (Å²) in [5.74, 6) is -0.290. The summed E-state index contributed by atoms with van der Waals surface area (Å²) < 4.78 is 13.2. The molecule has 1 N–H and O–H groups in total. The number of nitrogens with zero attached hydrogens (tertiary/aromatic N) is 2. The predicted molar refractivity (Wildman–Crippen MR) is 98.9 cm³/mol. The zero-order valence-electron chi connectivity index (χ0n) is 15.1. The zero-order chi connectivity index (χ0) is 18.2. The van der Waals surface area contributed by atoms with Gasteiger partial charge in [-0.25, -0.2) is 9.18 Å². The lowest BCUT2D eigenvalue weighted by molar-refractivity contribution is 0.200. The molecule has 25 heavy (non-hydrogen) atoms. The van der Waals surface area contributed by atoms with Crippen LogP contribution < -0.4 is 5.32 Å². The van der Waals surface area contributed by atoms with Gasteiger partial charge in [0.25, 0.3) is 0 Å². The summed E-state index contributed by atoms with van der Waals surface area (Å²) in [6.07, 6.45) is 0.863. The van der Waals surface area contributed by atoms with Gasteiger partial charge >= 0.3 is 6.03 Å². The molecular formula is C20H26FN3O. The maximum atomic E-state index is 13.2. The van der Waals surface area contributed by atoms with Crippen LogP contribution in [0.25, 0.3) is 0 Å². The Hall–Kier alpha value is -2.40. The highest BCUT2D eigenvalue weighted by Gasteiger charge is 2.15. The fourth-order valence-corrected chi connectivity index (χ4v) is 2.64. The molecule has 1 unspecified atom stereocenters. The second kappa shape index (κ2) is 9.18. The van der Waals surface area contributed by atoms with E-state index < -0.39 is 0 Å². The second-order valence-corrected chi connectivity index (χ2v) is 6.48. The summed E-state index contributed by atoms with van der Waals surface area (Å²) in [6, 6.07) is 16.6. The lowest BCUT2D eigenvalue weighted by Gasteiger charge is -2.26. The summed E-state index contributed by atoms with van der Waals surface area (Å²) in [6.45, 7) is 0.920. The minimum Gasteiger partial charge on any atom is -0.336 e. The first-order valence-corrected chi connectivity index (χ1v) is 8.39. The van der Waals surface area contributed by atoms with Crippen molar-refractivity contribution in [2.75, 3.05) is 27.7 Å². The molecule has 0 saturated heterocycles. The summed E-state index contributed by atoms with van der Waals surface area (Å²) in [7, 11) is 5.73. The van der Waals surface area contributed by atoms with Gasteiger partial charge in [-0.1, -0.05) is 42.5 Å². The van der Waals surface area contributed by atoms with Gasteiger partial charge in [0.05, 0.1) is 0 Å². The molecule has 0 aliphatic carbocycles. The molecule has 134 valence electrons. The molecule has 5 heteroatoms. The summed E-state index contributed by atoms with van der Waals surface area (Å²) >= 11 is 0. The smallest absolute Gasteiger partial charge is 0.317 e. The van der Waals surface area contributed by atoms with E-state index in [-0.39, 0.29) is 17.9 Å². The molecule has 0 bridgehead atoms. The average Bonchev–Trinajstić information content (AvgIpc) is 2.59. The lowest BCUT2D eigenvalue weighted by atomic mass is 10.1. The number of hydrogen-bond donors (Lipinski definition) is 1. The first-order valence-electron chi connectivity index (χ1n) is 8.39. The van der Waals surface area contributed by atoms with Crippen molar-refractivity contribution in [1.29, 1.82) is 0 Å². The molecule has 0 radical (unpaired) electrons. The molecule has 0 spiro atoms. The second-order valence-electron chi connectivity index (χ2n) is 6.48. The van der Waals surface area contributed by atoms with E-state index in [1.807, 2.05) is 38.4 Å². The van der Waals surface area contributed by atoms with E-state index in [9.17, 15) is 9.18 Å². The summed E-state index contributed by atoms with van der Waals surface area (Å²) in [5, 5.41) is 2.97. The third-order valence-corrected chi connectivity index (χ3v) is 4.19. The van der Waals surface area contributed by atoms with Crippen LogP contribution in [0, 0.1) is 5.82 Å². The molecule has 0 aliphatic rings. The topological polar surface area (TPSA) is 35.6 Å². The van der Waals surface area contributed by atoms with E-state index in [1.165, 1.54) is 17.7 Å². The Labute approximate surface area is 149 Å². The highest BCUT2D eigenvalue weighted by Crippen LogP contribution is 2.08. The Bertz CT molecular complexity index is 676. The van der Waals surface area contributed by atoms with Crippen molar-refractivity contribution in [2.45, 2.75) is 19.0 Å². The highest BCUT2D eigenvalue weighted by molar-refractivity contribution is 5.73. The highest BCUT2D eigenvalue weighted by atomic mass is 19.1. The van der Waals surface area contributed by atoms with Gasteiger partial charge in [-0.05, 0) is 43.8 Å². The largest absolute Gasteiger partial charge is 0.336 e. The minimum absolute atomic E-state index is 0.163. The average molecular weight is 343 g/mol. The van der Waals surface area contributed by atoms with E-state index in [0.717, 1.165) is 12.0 Å². The van der Waals surface area contributed by atoms with Gasteiger partial charge in [-0.3, -0.25) is 0 Å². The van der Waals surface area contributed by atoms with E-state index >= 15 is 0 Å². The molecule has 2 aromatic carbocycles. The Kier molecular flexibility index (Phi) is 6.95. The molecule has 1 atom stereocenters. The number of halogens is 1. The number of urea groups is 1. The summed E-state index contributed by atoms with van der Waals surface area (Å²) in [5.41, 5.74) is 2.01. The van der Waals surface area contributed by atoms with Gasteiger partial charge in [0.15, 0.2) is 0 Å². The number of hydrogen-bond acceptors (Lipinski definition) is 2. The Morgan fingerprint density at radius 1 is 1.04 bits per heavy atom. The number of benzene rings is 2. The molecule has 0 fully saturated rings. The van der Waals surface area contributed by atoms with Gasteiger partial charge in [0.2, 0.25) is 0 Å². The van der Waals surface area contributed by atoms with Crippen LogP contribution in [-0.4, -0.2) is 49.6 Å². The van der Waals surface area contributed by atoms with Crippen LogP contribution in [0.1, 0.15) is 11.1 Å². The van der Waals surface area contributed by atoms with Crippen molar-refractivity contribution in [1.82, 2.24) is 15.1 Å². The number of amides is 2. The first kappa shape index (κ1) is 18.9. The standard InChI is InChI=1S/C20H26FN3O/c1-23(2)19(13-16-8-5-4-6-9-16)14-22-20(25)24(3)15-17-10-7-11-18(21)12-17/h4-12,19H,13-15H2,1-3H3,(H,22,25). The number of nitrogens with one attached hydrogen (secondary N) is 1. The van der Waals surface area contributed by atoms with Gasteiger partial charge in [-0.2, -0.15) is 0 Å². The van der Waals surface area contributed by atoms with Crippen molar-refractivity contribution in [2.24, 2.45) is 0 Å². The number of carbonyl (C=O) groups excluding carboxylic acids is 1. The fourth-order valence-electron chi connectivity index (χ4n) is 2.64. The van der Waals surface area contributed by atoms with Crippen molar-refractivity contribution in [3.63, 3.8) is 0 Å². The van der Waals surface area contributed by atoms with Crippen LogP contribution in [0.3, 0.4) is 0 Å². The molecule has 4 nitrogen and oxygen atoms in total. The van der Waals surface area contributed by atoms with Gasteiger partial charge in [-0.15, -0.1) is 0 Å². The van der Waals surface area contributed by atoms with Gasteiger partial charge < -0.3 is 15.1 Å². The zero-order valence-corrected chi connectivity index (χ0v) is 15.1. The number of carbonyl (C=O) groups is 1. The molecule has 2 rings (SSSR count). The first-order chi connectivity index (χ1) is 12.0. The molecule has 0 heterocycles. The monoisotopic (exact) mass is 343 g/mol. The van der Waals surface area contributed by atoms with Crippen LogP contribution in [0.15, 0.2) is 54.6 Å². The number of rotatable bonds is 7. The van der Waals surface area contributed by atoms with Crippen LogP contribution in [0.5, 0.6) is 0 Å². The lowest BCUT2D eigenvalue weighted by Crippen LogP contribution is -2.45. The van der Waals surface area contributed by atoms with Crippen LogP contribution in [0.2, 0.25) is 0 Å². The quantitative estimate of drug-likeness (QED) is 0.838. The van der Waals surface area contributed by atoms with Gasteiger partial charge in [0, 0.05) is 26.2 Å². The van der Waals surface area contributed by atoms with Crippen LogP contribution >= 0.6 is 0 Å². The van der Waals surface area contributed by atoms with Crippen molar-refractivity contribution in [3.8, 4) is 0 Å². The third-order valence-electron chi connectivity index (χ3n) is 4.19. The molecular weight excluding hydrogens is 317 g/mol. The van der Waals surface area contributed by atoms with Crippen molar-refractivity contribution < 1.29 is 9.18 Å². The molecule has 2 amide bonds. The molecule has 0 aliphatic heterocycles. The normalized spacial score (nSPS) is 12.0. The van der Waals surface area contributed by atoms with E-state index in [0.29, 0.717) is 13.1 Å². The van der Waals surface area contributed by atoms with Gasteiger partial charge in [0.1, 0.15) is 5.82 Å². The van der Waals surface area contributed by atoms with Crippen molar-refractivity contribution in [3.05, 3.63) is 71.5 Å².